The largest absolute Gasteiger partial charge is 0.381 e. The van der Waals surface area contributed by atoms with Crippen LogP contribution in [0.25, 0.3) is 11.3 Å². The van der Waals surface area contributed by atoms with Gasteiger partial charge in [-0.05, 0) is 30.9 Å². The number of benzene rings is 2. The minimum absolute atomic E-state index is 0.0471. The second-order valence-corrected chi connectivity index (χ2v) is 8.44. The number of thiazole rings is 1. The summed E-state index contributed by atoms with van der Waals surface area (Å²) >= 11 is 1.41. The molecule has 0 fully saturated rings. The summed E-state index contributed by atoms with van der Waals surface area (Å²) in [6.07, 6.45) is 1.95. The number of nitrogens with zero attached hydrogens (tertiary/aromatic N) is 1. The van der Waals surface area contributed by atoms with E-state index in [1.165, 1.54) is 23.8 Å². The molecule has 3 aromatic rings. The number of carbonyl (C=O) groups is 2. The van der Waals surface area contributed by atoms with Crippen molar-refractivity contribution in [1.82, 2.24) is 10.3 Å². The maximum atomic E-state index is 12.2. The minimum Gasteiger partial charge on any atom is -0.381 e. The fraction of sp³-hybridized carbons (Fsp3) is 0.320. The lowest BCUT2D eigenvalue weighted by Gasteiger charge is -2.13. The molecule has 0 spiro atoms. The van der Waals surface area contributed by atoms with Crippen molar-refractivity contribution in [2.45, 2.75) is 39.2 Å². The van der Waals surface area contributed by atoms with Gasteiger partial charge in [0.15, 0.2) is 5.13 Å². The van der Waals surface area contributed by atoms with Gasteiger partial charge in [0.2, 0.25) is 11.8 Å². The molecule has 2 amide bonds. The van der Waals surface area contributed by atoms with Crippen LogP contribution < -0.4 is 10.6 Å². The molecule has 1 atom stereocenters. The average molecular weight is 452 g/mol. The molecule has 0 saturated heterocycles. The van der Waals surface area contributed by atoms with E-state index in [4.69, 9.17) is 4.74 Å². The smallest absolute Gasteiger partial charge is 0.226 e. The molecule has 7 heteroatoms. The molecule has 0 aliphatic rings. The van der Waals surface area contributed by atoms with Crippen LogP contribution in [-0.2, 0) is 20.7 Å². The molecular weight excluding hydrogens is 422 g/mol. The summed E-state index contributed by atoms with van der Waals surface area (Å²) in [5.41, 5.74) is 4.06. The Balaban J connectivity index is 1.38. The first kappa shape index (κ1) is 23.6. The normalized spacial score (nSPS) is 11.7. The summed E-state index contributed by atoms with van der Waals surface area (Å²) in [6, 6.07) is 18.1. The standard InChI is InChI=1S/C25H29N3O3S/c1-18(26-19(2)29)21-10-12-22(13-11-21)23-17-32-25(27-23)28-24(30)9-6-15-31-16-14-20-7-4-3-5-8-20/h3-5,7-8,10-13,17-18H,6,9,14-16H2,1-2H3,(H,26,29)(H,27,28,30)/t18-/m0/s1. The van der Waals surface area contributed by atoms with Crippen molar-refractivity contribution in [3.05, 3.63) is 71.1 Å². The lowest BCUT2D eigenvalue weighted by molar-refractivity contribution is -0.119. The summed E-state index contributed by atoms with van der Waals surface area (Å²) in [5.74, 6) is -0.114. The van der Waals surface area contributed by atoms with Crippen molar-refractivity contribution >= 4 is 28.3 Å². The second kappa shape index (κ2) is 12.1. The molecule has 2 N–H and O–H groups in total. The first-order valence-electron chi connectivity index (χ1n) is 10.8. The zero-order chi connectivity index (χ0) is 22.8. The van der Waals surface area contributed by atoms with Gasteiger partial charge in [0.25, 0.3) is 0 Å². The van der Waals surface area contributed by atoms with Gasteiger partial charge in [-0.25, -0.2) is 4.98 Å². The van der Waals surface area contributed by atoms with Gasteiger partial charge in [0.05, 0.1) is 18.3 Å². The van der Waals surface area contributed by atoms with Gasteiger partial charge in [0, 0.05) is 30.9 Å². The molecule has 0 aliphatic carbocycles. The minimum atomic E-state index is -0.0583. The van der Waals surface area contributed by atoms with Crippen LogP contribution in [0, 0.1) is 0 Å². The van der Waals surface area contributed by atoms with E-state index >= 15 is 0 Å². The van der Waals surface area contributed by atoms with Crippen LogP contribution in [0.4, 0.5) is 5.13 Å². The van der Waals surface area contributed by atoms with Crippen LogP contribution in [0.3, 0.4) is 0 Å². The van der Waals surface area contributed by atoms with Crippen molar-refractivity contribution in [2.75, 3.05) is 18.5 Å². The maximum absolute atomic E-state index is 12.2. The number of rotatable bonds is 11. The van der Waals surface area contributed by atoms with E-state index in [0.29, 0.717) is 31.2 Å². The predicted molar refractivity (Wildman–Crippen MR) is 129 cm³/mol. The van der Waals surface area contributed by atoms with E-state index in [1.54, 1.807) is 0 Å². The number of carbonyl (C=O) groups excluding carboxylic acids is 2. The van der Waals surface area contributed by atoms with Gasteiger partial charge in [-0.15, -0.1) is 11.3 Å². The fourth-order valence-corrected chi connectivity index (χ4v) is 3.98. The Labute approximate surface area is 193 Å². The number of anilines is 1. The van der Waals surface area contributed by atoms with E-state index in [0.717, 1.165) is 23.2 Å². The lowest BCUT2D eigenvalue weighted by atomic mass is 10.1. The fourth-order valence-electron chi connectivity index (χ4n) is 3.25. The first-order valence-corrected chi connectivity index (χ1v) is 11.6. The summed E-state index contributed by atoms with van der Waals surface area (Å²) in [5, 5.41) is 8.25. The SMILES string of the molecule is CC(=O)N[C@@H](C)c1ccc(-c2csc(NC(=O)CCCOCCc3ccccc3)n2)cc1. The second-order valence-electron chi connectivity index (χ2n) is 7.58. The van der Waals surface area contributed by atoms with Crippen LogP contribution in [0.2, 0.25) is 0 Å². The maximum Gasteiger partial charge on any atom is 0.226 e. The monoisotopic (exact) mass is 451 g/mol. The first-order chi connectivity index (χ1) is 15.5. The van der Waals surface area contributed by atoms with Crippen molar-refractivity contribution in [1.29, 1.82) is 0 Å². The Morgan fingerprint density at radius 1 is 1.06 bits per heavy atom. The molecule has 0 saturated carbocycles. The van der Waals surface area contributed by atoms with Crippen LogP contribution >= 0.6 is 11.3 Å². The third-order valence-corrected chi connectivity index (χ3v) is 5.70. The van der Waals surface area contributed by atoms with Crippen LogP contribution in [0.5, 0.6) is 0 Å². The zero-order valence-electron chi connectivity index (χ0n) is 18.5. The van der Waals surface area contributed by atoms with Gasteiger partial charge in [-0.2, -0.15) is 0 Å². The van der Waals surface area contributed by atoms with Gasteiger partial charge in [0.1, 0.15) is 0 Å². The third-order valence-electron chi connectivity index (χ3n) is 4.95. The molecule has 6 nitrogen and oxygen atoms in total. The Morgan fingerprint density at radius 3 is 2.53 bits per heavy atom. The molecular formula is C25H29N3O3S. The van der Waals surface area contributed by atoms with Gasteiger partial charge in [-0.1, -0.05) is 54.6 Å². The average Bonchev–Trinajstić information content (AvgIpc) is 3.25. The molecule has 0 aliphatic heterocycles. The highest BCUT2D eigenvalue weighted by molar-refractivity contribution is 7.14. The van der Waals surface area contributed by atoms with E-state index in [9.17, 15) is 9.59 Å². The van der Waals surface area contributed by atoms with Gasteiger partial charge in [-0.3, -0.25) is 9.59 Å². The number of ether oxygens (including phenoxy) is 1. The number of nitrogens with one attached hydrogen (secondary N) is 2. The molecule has 0 bridgehead atoms. The molecule has 1 heterocycles. The molecule has 0 unspecified atom stereocenters. The lowest BCUT2D eigenvalue weighted by Crippen LogP contribution is -2.23. The van der Waals surface area contributed by atoms with E-state index in [-0.39, 0.29) is 17.9 Å². The van der Waals surface area contributed by atoms with Gasteiger partial charge >= 0.3 is 0 Å². The topological polar surface area (TPSA) is 80.3 Å². The van der Waals surface area contributed by atoms with E-state index in [2.05, 4.69) is 27.8 Å². The van der Waals surface area contributed by atoms with Crippen LogP contribution in [0.15, 0.2) is 60.0 Å². The highest BCUT2D eigenvalue weighted by atomic mass is 32.1. The molecule has 0 radical (unpaired) electrons. The summed E-state index contributed by atoms with van der Waals surface area (Å²) < 4.78 is 5.63. The quantitative estimate of drug-likeness (QED) is 0.403. The number of aromatic nitrogens is 1. The highest BCUT2D eigenvalue weighted by Crippen LogP contribution is 2.26. The third kappa shape index (κ3) is 7.59. The molecule has 3 rings (SSSR count). The number of hydrogen-bond acceptors (Lipinski definition) is 5. The Morgan fingerprint density at radius 2 is 1.81 bits per heavy atom. The van der Waals surface area contributed by atoms with Crippen molar-refractivity contribution in [3.8, 4) is 11.3 Å². The molecule has 168 valence electrons. The predicted octanol–water partition coefficient (Wildman–Crippen LogP) is 4.99. The Bertz CT molecular complexity index is 1000. The Kier molecular flexibility index (Phi) is 8.95. The summed E-state index contributed by atoms with van der Waals surface area (Å²) in [4.78, 5) is 27.9. The van der Waals surface area contributed by atoms with Gasteiger partial charge < -0.3 is 15.4 Å². The number of amides is 2. The molecule has 32 heavy (non-hydrogen) atoms. The zero-order valence-corrected chi connectivity index (χ0v) is 19.3. The van der Waals surface area contributed by atoms with Crippen molar-refractivity contribution in [3.63, 3.8) is 0 Å². The molecule has 2 aromatic carbocycles. The summed E-state index contributed by atoms with van der Waals surface area (Å²) in [6.45, 7) is 4.67. The highest BCUT2D eigenvalue weighted by Gasteiger charge is 2.10. The van der Waals surface area contributed by atoms with Crippen molar-refractivity contribution in [2.24, 2.45) is 0 Å². The van der Waals surface area contributed by atoms with Crippen LogP contribution in [0.1, 0.15) is 43.9 Å². The van der Waals surface area contributed by atoms with E-state index in [1.807, 2.05) is 54.8 Å². The molecule has 1 aromatic heterocycles. The number of hydrogen-bond donors (Lipinski definition) is 2. The Hall–Kier alpha value is -3.03. The van der Waals surface area contributed by atoms with E-state index < -0.39 is 0 Å². The summed E-state index contributed by atoms with van der Waals surface area (Å²) in [7, 11) is 0. The van der Waals surface area contributed by atoms with Crippen molar-refractivity contribution < 1.29 is 14.3 Å². The van der Waals surface area contributed by atoms with Crippen LogP contribution in [-0.4, -0.2) is 30.0 Å².